The molecule has 1 heterocycles. The van der Waals surface area contributed by atoms with Gasteiger partial charge in [-0.25, -0.2) is 18.9 Å². The SMILES string of the molecule is CCCCCn1nc(C(=O)N/N=C\c2c(F)cccc2F)c2ccccc2c1=O. The summed E-state index contributed by atoms with van der Waals surface area (Å²) in [5.74, 6) is -2.27. The molecule has 29 heavy (non-hydrogen) atoms. The van der Waals surface area contributed by atoms with Crippen LogP contribution in [0.3, 0.4) is 0 Å². The van der Waals surface area contributed by atoms with Gasteiger partial charge in [0.15, 0.2) is 5.69 Å². The summed E-state index contributed by atoms with van der Waals surface area (Å²) in [6.45, 7) is 2.44. The van der Waals surface area contributed by atoms with E-state index >= 15 is 0 Å². The molecule has 0 aliphatic rings. The number of carbonyl (C=O) groups is 1. The number of hydrogen-bond donors (Lipinski definition) is 1. The van der Waals surface area contributed by atoms with Crippen LogP contribution in [-0.4, -0.2) is 21.9 Å². The van der Waals surface area contributed by atoms with Gasteiger partial charge in [-0.15, -0.1) is 0 Å². The molecule has 0 atom stereocenters. The summed E-state index contributed by atoms with van der Waals surface area (Å²) in [6.07, 6.45) is 3.56. The molecule has 2 aromatic carbocycles. The fourth-order valence-electron chi connectivity index (χ4n) is 2.91. The second-order valence-electron chi connectivity index (χ2n) is 6.46. The first-order valence-corrected chi connectivity index (χ1v) is 9.30. The van der Waals surface area contributed by atoms with Gasteiger partial charge in [-0.3, -0.25) is 9.59 Å². The lowest BCUT2D eigenvalue weighted by atomic mass is 10.1. The van der Waals surface area contributed by atoms with Crippen molar-refractivity contribution in [2.24, 2.45) is 5.10 Å². The molecule has 0 fully saturated rings. The zero-order chi connectivity index (χ0) is 20.8. The number of halogens is 2. The van der Waals surface area contributed by atoms with Crippen molar-refractivity contribution in [3.05, 3.63) is 75.7 Å². The Bertz CT molecular complexity index is 1110. The van der Waals surface area contributed by atoms with Crippen molar-refractivity contribution >= 4 is 22.9 Å². The molecule has 3 aromatic rings. The van der Waals surface area contributed by atoms with E-state index in [0.29, 0.717) is 17.3 Å². The number of hydrazone groups is 1. The van der Waals surface area contributed by atoms with E-state index in [1.54, 1.807) is 24.3 Å². The van der Waals surface area contributed by atoms with Crippen LogP contribution in [0.1, 0.15) is 42.2 Å². The van der Waals surface area contributed by atoms with Gasteiger partial charge in [-0.05, 0) is 24.6 Å². The number of aromatic nitrogens is 2. The number of hydrogen-bond acceptors (Lipinski definition) is 4. The molecule has 8 heteroatoms. The number of rotatable bonds is 7. The zero-order valence-corrected chi connectivity index (χ0v) is 15.9. The van der Waals surface area contributed by atoms with Gasteiger partial charge in [0, 0.05) is 11.9 Å². The number of amides is 1. The molecule has 0 bridgehead atoms. The summed E-state index contributed by atoms with van der Waals surface area (Å²) >= 11 is 0. The quantitative estimate of drug-likeness (QED) is 0.375. The van der Waals surface area contributed by atoms with E-state index in [4.69, 9.17) is 0 Å². The van der Waals surface area contributed by atoms with Crippen LogP contribution in [0, 0.1) is 11.6 Å². The first-order valence-electron chi connectivity index (χ1n) is 9.30. The van der Waals surface area contributed by atoms with Crippen LogP contribution in [0.4, 0.5) is 8.78 Å². The number of nitrogens with zero attached hydrogens (tertiary/aromatic N) is 3. The highest BCUT2D eigenvalue weighted by atomic mass is 19.1. The molecule has 0 aliphatic heterocycles. The third-order valence-corrected chi connectivity index (χ3v) is 4.42. The van der Waals surface area contributed by atoms with Crippen molar-refractivity contribution in [1.29, 1.82) is 0 Å². The van der Waals surface area contributed by atoms with Gasteiger partial charge in [0.05, 0.1) is 17.2 Å². The van der Waals surface area contributed by atoms with Gasteiger partial charge in [-0.2, -0.15) is 10.2 Å². The minimum Gasteiger partial charge on any atom is -0.267 e. The van der Waals surface area contributed by atoms with E-state index in [2.05, 4.69) is 15.6 Å². The van der Waals surface area contributed by atoms with E-state index in [9.17, 15) is 18.4 Å². The third-order valence-electron chi connectivity index (χ3n) is 4.42. The Morgan fingerprint density at radius 2 is 1.79 bits per heavy atom. The Morgan fingerprint density at radius 3 is 2.48 bits per heavy atom. The van der Waals surface area contributed by atoms with Crippen molar-refractivity contribution in [2.75, 3.05) is 0 Å². The van der Waals surface area contributed by atoms with Gasteiger partial charge >= 0.3 is 0 Å². The number of carbonyl (C=O) groups excluding carboxylic acids is 1. The summed E-state index contributed by atoms with van der Waals surface area (Å²) in [5, 5.41) is 8.60. The molecule has 3 rings (SSSR count). The van der Waals surface area contributed by atoms with E-state index in [1.165, 1.54) is 10.7 Å². The highest BCUT2D eigenvalue weighted by molar-refractivity contribution is 6.04. The van der Waals surface area contributed by atoms with E-state index < -0.39 is 17.5 Å². The molecule has 0 aliphatic carbocycles. The first-order chi connectivity index (χ1) is 14.0. The van der Waals surface area contributed by atoms with Gasteiger partial charge in [-0.1, -0.05) is 44.0 Å². The fourth-order valence-corrected chi connectivity index (χ4v) is 2.91. The minimum atomic E-state index is -0.795. The maximum Gasteiger partial charge on any atom is 0.292 e. The number of fused-ring (bicyclic) bond motifs is 1. The summed E-state index contributed by atoms with van der Waals surface area (Å²) < 4.78 is 28.6. The zero-order valence-electron chi connectivity index (χ0n) is 15.9. The highest BCUT2D eigenvalue weighted by Gasteiger charge is 2.16. The predicted molar refractivity (Wildman–Crippen MR) is 107 cm³/mol. The lowest BCUT2D eigenvalue weighted by molar-refractivity contribution is 0.0949. The standard InChI is InChI=1S/C21H20F2N4O2/c1-2-3-6-12-27-21(29)15-9-5-4-8-14(15)19(26-27)20(28)25-24-13-16-17(22)10-7-11-18(16)23/h4-5,7-11,13H,2-3,6,12H2,1H3,(H,25,28)/b24-13-. The van der Waals surface area contributed by atoms with Crippen molar-refractivity contribution < 1.29 is 13.6 Å². The molecule has 1 N–H and O–H groups in total. The Labute approximate surface area is 165 Å². The van der Waals surface area contributed by atoms with Crippen LogP contribution < -0.4 is 11.0 Å². The molecule has 1 aromatic heterocycles. The molecule has 6 nitrogen and oxygen atoms in total. The summed E-state index contributed by atoms with van der Waals surface area (Å²) in [7, 11) is 0. The number of benzene rings is 2. The highest BCUT2D eigenvalue weighted by Crippen LogP contribution is 2.14. The van der Waals surface area contributed by atoms with E-state index in [0.717, 1.165) is 37.6 Å². The number of unbranched alkanes of at least 4 members (excludes halogenated alkanes) is 2. The topological polar surface area (TPSA) is 76.3 Å². The molecular weight excluding hydrogens is 378 g/mol. The maximum atomic E-state index is 13.7. The monoisotopic (exact) mass is 398 g/mol. The fraction of sp³-hybridized carbons (Fsp3) is 0.238. The number of aryl methyl sites for hydroxylation is 1. The van der Waals surface area contributed by atoms with Crippen molar-refractivity contribution in [3.8, 4) is 0 Å². The smallest absolute Gasteiger partial charge is 0.267 e. The lowest BCUT2D eigenvalue weighted by Crippen LogP contribution is -2.29. The molecule has 0 radical (unpaired) electrons. The van der Waals surface area contributed by atoms with Gasteiger partial charge in [0.25, 0.3) is 11.5 Å². The molecule has 1 amide bonds. The average Bonchev–Trinajstić information content (AvgIpc) is 2.72. The third kappa shape index (κ3) is 4.53. The van der Waals surface area contributed by atoms with Crippen LogP contribution in [0.15, 0.2) is 52.4 Å². The lowest BCUT2D eigenvalue weighted by Gasteiger charge is -2.10. The molecule has 0 saturated carbocycles. The average molecular weight is 398 g/mol. The Kier molecular flexibility index (Phi) is 6.43. The Balaban J connectivity index is 1.91. The maximum absolute atomic E-state index is 13.7. The van der Waals surface area contributed by atoms with Gasteiger partial charge < -0.3 is 0 Å². The van der Waals surface area contributed by atoms with Gasteiger partial charge in [0.1, 0.15) is 11.6 Å². The van der Waals surface area contributed by atoms with Crippen LogP contribution in [0.25, 0.3) is 10.8 Å². The predicted octanol–water partition coefficient (Wildman–Crippen LogP) is 3.63. The second-order valence-corrected chi connectivity index (χ2v) is 6.46. The molecule has 150 valence electrons. The minimum absolute atomic E-state index is 0.0165. The Morgan fingerprint density at radius 1 is 1.10 bits per heavy atom. The molecular formula is C21H20F2N4O2. The van der Waals surface area contributed by atoms with Crippen LogP contribution in [0.5, 0.6) is 0 Å². The largest absolute Gasteiger partial charge is 0.292 e. The van der Waals surface area contributed by atoms with Crippen molar-refractivity contribution in [1.82, 2.24) is 15.2 Å². The van der Waals surface area contributed by atoms with Crippen molar-refractivity contribution in [3.63, 3.8) is 0 Å². The molecule has 0 unspecified atom stereocenters. The second kappa shape index (κ2) is 9.18. The van der Waals surface area contributed by atoms with E-state index in [-0.39, 0.29) is 16.8 Å². The summed E-state index contributed by atoms with van der Waals surface area (Å²) in [6, 6.07) is 10.1. The summed E-state index contributed by atoms with van der Waals surface area (Å²) in [4.78, 5) is 25.2. The Hall–Kier alpha value is -3.42. The normalized spacial score (nSPS) is 11.3. The summed E-state index contributed by atoms with van der Waals surface area (Å²) in [5.41, 5.74) is 1.61. The van der Waals surface area contributed by atoms with Crippen LogP contribution >= 0.6 is 0 Å². The van der Waals surface area contributed by atoms with Crippen molar-refractivity contribution in [2.45, 2.75) is 32.7 Å². The van der Waals surface area contributed by atoms with Crippen LogP contribution in [0.2, 0.25) is 0 Å². The molecule has 0 saturated heterocycles. The van der Waals surface area contributed by atoms with E-state index in [1.807, 2.05) is 6.92 Å². The molecule has 0 spiro atoms. The first kappa shape index (κ1) is 20.3. The van der Waals surface area contributed by atoms with Crippen LogP contribution in [-0.2, 0) is 6.54 Å². The number of nitrogens with one attached hydrogen (secondary N) is 1. The van der Waals surface area contributed by atoms with Gasteiger partial charge in [0.2, 0.25) is 0 Å².